The number of rotatable bonds is 7. The van der Waals surface area contributed by atoms with Crippen molar-refractivity contribution in [2.24, 2.45) is 0 Å². The molecule has 1 aromatic carbocycles. The highest BCUT2D eigenvalue weighted by Gasteiger charge is 2.21. The van der Waals surface area contributed by atoms with Gasteiger partial charge in [0, 0.05) is 24.1 Å². The average molecular weight is 463 g/mol. The van der Waals surface area contributed by atoms with Crippen molar-refractivity contribution in [2.45, 2.75) is 18.9 Å². The smallest absolute Gasteiger partial charge is 0.417 e. The van der Waals surface area contributed by atoms with E-state index in [1.807, 2.05) is 10.9 Å². The van der Waals surface area contributed by atoms with Crippen LogP contribution in [-0.2, 0) is 4.79 Å². The third-order valence-electron chi connectivity index (χ3n) is 5.54. The summed E-state index contributed by atoms with van der Waals surface area (Å²) in [7, 11) is 2.12. The van der Waals surface area contributed by atoms with Crippen LogP contribution >= 0.6 is 0 Å². The highest BCUT2D eigenvalue weighted by Crippen LogP contribution is 2.28. The number of piperidine rings is 1. The summed E-state index contributed by atoms with van der Waals surface area (Å²) in [6, 6.07) is 8.28. The average Bonchev–Trinajstić information content (AvgIpc) is 3.28. The van der Waals surface area contributed by atoms with Crippen molar-refractivity contribution in [1.29, 1.82) is 0 Å². The number of hydrogen-bond donors (Lipinski definition) is 3. The molecule has 0 spiro atoms. The van der Waals surface area contributed by atoms with Gasteiger partial charge in [-0.2, -0.15) is 10.1 Å². The molecule has 2 amide bonds. The maximum atomic E-state index is 12.1. The van der Waals surface area contributed by atoms with E-state index in [0.717, 1.165) is 36.9 Å². The molecular formula is C23H26N8O3. The van der Waals surface area contributed by atoms with Gasteiger partial charge in [0.15, 0.2) is 0 Å². The number of carbonyl (C=O) groups is 2. The minimum atomic E-state index is -1.23. The Balaban J connectivity index is 1.53. The molecular weight excluding hydrogens is 436 g/mol. The van der Waals surface area contributed by atoms with Gasteiger partial charge in [-0.15, -0.1) is 0 Å². The molecule has 1 aliphatic rings. The zero-order valence-electron chi connectivity index (χ0n) is 18.8. The number of aromatic nitrogens is 4. The standard InChI is InChI=1S/C23H26N8O3/c1-3-21(32)26-16-5-4-6-19(13-16)31(23(33)34)20-7-10-24-22(28-20)27-17-14-25-30(15-17)18-8-11-29(2)12-9-18/h3-7,10,13-15,18H,1,8-9,11-12H2,2H3,(H,26,32)(H,33,34)(H,24,27,28). The van der Waals surface area contributed by atoms with E-state index in [1.54, 1.807) is 24.4 Å². The molecule has 0 radical (unpaired) electrons. The molecule has 176 valence electrons. The maximum Gasteiger partial charge on any atom is 0.417 e. The first kappa shape index (κ1) is 22.9. The highest BCUT2D eigenvalue weighted by atomic mass is 16.4. The Kier molecular flexibility index (Phi) is 6.83. The summed E-state index contributed by atoms with van der Waals surface area (Å²) in [5.41, 5.74) is 1.46. The number of nitrogens with zero attached hydrogens (tertiary/aromatic N) is 6. The van der Waals surface area contributed by atoms with Crippen LogP contribution in [0.1, 0.15) is 18.9 Å². The summed E-state index contributed by atoms with van der Waals surface area (Å²) in [6.07, 6.45) is 7.06. The summed E-state index contributed by atoms with van der Waals surface area (Å²) in [4.78, 5) is 35.6. The quantitative estimate of drug-likeness (QED) is 0.454. The number of carboxylic acid groups (broad SMARTS) is 1. The molecule has 1 fully saturated rings. The van der Waals surface area contributed by atoms with Gasteiger partial charge >= 0.3 is 6.09 Å². The molecule has 0 unspecified atom stereocenters. The second-order valence-electron chi connectivity index (χ2n) is 7.97. The van der Waals surface area contributed by atoms with Crippen LogP contribution in [-0.4, -0.2) is 61.9 Å². The van der Waals surface area contributed by atoms with Gasteiger partial charge in [0.05, 0.1) is 23.6 Å². The van der Waals surface area contributed by atoms with Crippen LogP contribution in [0.4, 0.5) is 33.6 Å². The minimum Gasteiger partial charge on any atom is -0.464 e. The topological polar surface area (TPSA) is 129 Å². The Morgan fingerprint density at radius 3 is 2.76 bits per heavy atom. The van der Waals surface area contributed by atoms with Crippen molar-refractivity contribution in [2.75, 3.05) is 35.7 Å². The minimum absolute atomic E-state index is 0.153. The molecule has 4 rings (SSSR count). The highest BCUT2D eigenvalue weighted by molar-refractivity contribution is 6.00. The lowest BCUT2D eigenvalue weighted by Crippen LogP contribution is -2.31. The van der Waals surface area contributed by atoms with Gasteiger partial charge in [-0.1, -0.05) is 12.6 Å². The summed E-state index contributed by atoms with van der Waals surface area (Å²) in [5, 5.41) is 20.1. The Hall–Kier alpha value is -4.25. The zero-order valence-corrected chi connectivity index (χ0v) is 18.8. The van der Waals surface area contributed by atoms with E-state index in [9.17, 15) is 14.7 Å². The molecule has 0 saturated carbocycles. The number of benzene rings is 1. The maximum absolute atomic E-state index is 12.1. The molecule has 11 heteroatoms. The van der Waals surface area contributed by atoms with E-state index < -0.39 is 12.0 Å². The molecule has 2 aromatic heterocycles. The molecule has 3 heterocycles. The van der Waals surface area contributed by atoms with Crippen LogP contribution in [0.25, 0.3) is 0 Å². The fourth-order valence-corrected chi connectivity index (χ4v) is 3.78. The molecule has 11 nitrogen and oxygen atoms in total. The molecule has 3 N–H and O–H groups in total. The fourth-order valence-electron chi connectivity index (χ4n) is 3.78. The van der Waals surface area contributed by atoms with Gasteiger partial charge in [0.2, 0.25) is 11.9 Å². The molecule has 0 bridgehead atoms. The van der Waals surface area contributed by atoms with Crippen LogP contribution in [0, 0.1) is 0 Å². The first-order valence-corrected chi connectivity index (χ1v) is 10.8. The lowest BCUT2D eigenvalue weighted by molar-refractivity contribution is -0.111. The molecule has 1 aliphatic heterocycles. The van der Waals surface area contributed by atoms with Crippen LogP contribution in [0.3, 0.4) is 0 Å². The van der Waals surface area contributed by atoms with Crippen molar-refractivity contribution >= 4 is 40.8 Å². The Morgan fingerprint density at radius 2 is 2.03 bits per heavy atom. The predicted octanol–water partition coefficient (Wildman–Crippen LogP) is 3.62. The lowest BCUT2D eigenvalue weighted by atomic mass is 10.1. The second-order valence-corrected chi connectivity index (χ2v) is 7.97. The molecule has 3 aromatic rings. The van der Waals surface area contributed by atoms with Crippen molar-refractivity contribution in [3.63, 3.8) is 0 Å². The molecule has 1 saturated heterocycles. The van der Waals surface area contributed by atoms with E-state index in [2.05, 4.69) is 44.2 Å². The Bertz CT molecular complexity index is 1190. The third-order valence-corrected chi connectivity index (χ3v) is 5.54. The van der Waals surface area contributed by atoms with Crippen LogP contribution < -0.4 is 15.5 Å². The summed E-state index contributed by atoms with van der Waals surface area (Å²) < 4.78 is 1.95. The van der Waals surface area contributed by atoms with Gasteiger partial charge in [-0.3, -0.25) is 9.48 Å². The first-order chi connectivity index (χ1) is 16.4. The van der Waals surface area contributed by atoms with Gasteiger partial charge in [-0.25, -0.2) is 14.7 Å². The van der Waals surface area contributed by atoms with Crippen LogP contribution in [0.2, 0.25) is 0 Å². The largest absolute Gasteiger partial charge is 0.464 e. The van der Waals surface area contributed by atoms with Crippen molar-refractivity contribution < 1.29 is 14.7 Å². The number of amides is 2. The number of carbonyl (C=O) groups excluding carboxylic acids is 1. The van der Waals surface area contributed by atoms with Crippen molar-refractivity contribution in [3.05, 3.63) is 61.6 Å². The van der Waals surface area contributed by atoms with Gasteiger partial charge < -0.3 is 20.6 Å². The van der Waals surface area contributed by atoms with Crippen LogP contribution in [0.5, 0.6) is 0 Å². The SMILES string of the molecule is C=CC(=O)Nc1cccc(N(C(=O)O)c2ccnc(Nc3cnn(C4CCN(C)CC4)c3)n2)c1. The van der Waals surface area contributed by atoms with E-state index >= 15 is 0 Å². The lowest BCUT2D eigenvalue weighted by Gasteiger charge is -2.28. The number of likely N-dealkylation sites (tertiary alicyclic amines) is 1. The zero-order chi connectivity index (χ0) is 24.1. The monoisotopic (exact) mass is 462 g/mol. The van der Waals surface area contributed by atoms with Crippen molar-refractivity contribution in [3.8, 4) is 0 Å². The summed E-state index contributed by atoms with van der Waals surface area (Å²) in [6.45, 7) is 5.48. The van der Waals surface area contributed by atoms with Crippen LogP contribution in [0.15, 0.2) is 61.6 Å². The fraction of sp³-hybridized carbons (Fsp3) is 0.261. The van der Waals surface area contributed by atoms with E-state index in [4.69, 9.17) is 0 Å². The predicted molar refractivity (Wildman–Crippen MR) is 129 cm³/mol. The van der Waals surface area contributed by atoms with E-state index in [1.165, 1.54) is 18.3 Å². The molecule has 0 aliphatic carbocycles. The van der Waals surface area contributed by atoms with E-state index in [0.29, 0.717) is 23.1 Å². The number of anilines is 5. The van der Waals surface area contributed by atoms with Crippen molar-refractivity contribution in [1.82, 2.24) is 24.6 Å². The summed E-state index contributed by atoms with van der Waals surface area (Å²) >= 11 is 0. The first-order valence-electron chi connectivity index (χ1n) is 10.8. The molecule has 34 heavy (non-hydrogen) atoms. The summed E-state index contributed by atoms with van der Waals surface area (Å²) in [5.74, 6) is -0.00367. The van der Waals surface area contributed by atoms with E-state index in [-0.39, 0.29) is 11.8 Å². The normalized spacial score (nSPS) is 14.4. The second kappa shape index (κ2) is 10.1. The van der Waals surface area contributed by atoms with Gasteiger partial charge in [0.25, 0.3) is 0 Å². The number of nitrogens with one attached hydrogen (secondary N) is 2. The molecule has 0 atom stereocenters. The number of hydrogen-bond acceptors (Lipinski definition) is 7. The van der Waals surface area contributed by atoms with Gasteiger partial charge in [-0.05, 0) is 57.3 Å². The third kappa shape index (κ3) is 5.38. The Labute approximate surface area is 196 Å². The van der Waals surface area contributed by atoms with Gasteiger partial charge in [0.1, 0.15) is 5.82 Å². The Morgan fingerprint density at radius 1 is 1.24 bits per heavy atom.